The van der Waals surface area contributed by atoms with E-state index < -0.39 is 0 Å². The summed E-state index contributed by atoms with van der Waals surface area (Å²) in [5.74, 6) is 0. The number of hydrogen-bond acceptors (Lipinski definition) is 2. The summed E-state index contributed by atoms with van der Waals surface area (Å²) < 4.78 is 0. The zero-order chi connectivity index (χ0) is 14.9. The highest BCUT2D eigenvalue weighted by molar-refractivity contribution is 7.80. The molecule has 1 saturated carbocycles. The molecule has 2 rings (SSSR count). The van der Waals surface area contributed by atoms with Crippen molar-refractivity contribution in [2.24, 2.45) is 0 Å². The van der Waals surface area contributed by atoms with E-state index >= 15 is 0 Å². The van der Waals surface area contributed by atoms with Gasteiger partial charge >= 0.3 is 0 Å². The fraction of sp³-hybridized carbons (Fsp3) is 0.588. The average Bonchev–Trinajstić information content (AvgIpc) is 2.50. The first-order valence-electron chi connectivity index (χ1n) is 8.09. The Kier molecular flexibility index (Phi) is 6.96. The lowest BCUT2D eigenvalue weighted by Gasteiger charge is -2.22. The zero-order valence-electron chi connectivity index (χ0n) is 13.0. The number of rotatable bonds is 6. The van der Waals surface area contributed by atoms with Gasteiger partial charge in [0.05, 0.1) is 0 Å². The molecule has 0 aliphatic heterocycles. The standard InChI is InChI=1S/C17H27N3S/c1-14-8-10-16(11-9-14)20-17(21)19-13-5-12-18-15-6-3-2-4-7-15/h8-11,15,18H,2-7,12-13H2,1H3,(H2,19,20,21). The minimum Gasteiger partial charge on any atom is -0.362 e. The van der Waals surface area contributed by atoms with E-state index in [9.17, 15) is 0 Å². The number of hydrogen-bond donors (Lipinski definition) is 3. The summed E-state index contributed by atoms with van der Waals surface area (Å²) in [4.78, 5) is 0. The van der Waals surface area contributed by atoms with Crippen molar-refractivity contribution in [3.05, 3.63) is 29.8 Å². The monoisotopic (exact) mass is 305 g/mol. The number of nitrogens with one attached hydrogen (secondary N) is 3. The quantitative estimate of drug-likeness (QED) is 0.554. The van der Waals surface area contributed by atoms with Gasteiger partial charge in [0, 0.05) is 18.3 Å². The molecule has 3 N–H and O–H groups in total. The predicted octanol–water partition coefficient (Wildman–Crippen LogP) is 3.59. The molecule has 116 valence electrons. The molecule has 0 saturated heterocycles. The molecule has 0 atom stereocenters. The van der Waals surface area contributed by atoms with Crippen LogP contribution in [-0.4, -0.2) is 24.2 Å². The maximum absolute atomic E-state index is 5.30. The molecule has 21 heavy (non-hydrogen) atoms. The Morgan fingerprint density at radius 1 is 1.10 bits per heavy atom. The second kappa shape index (κ2) is 9.00. The number of anilines is 1. The Labute approximate surface area is 133 Å². The van der Waals surface area contributed by atoms with E-state index in [-0.39, 0.29) is 0 Å². The number of thiocarbonyl (C=S) groups is 1. The molecular formula is C17H27N3S. The van der Waals surface area contributed by atoms with Crippen molar-refractivity contribution in [2.75, 3.05) is 18.4 Å². The molecule has 0 amide bonds. The summed E-state index contributed by atoms with van der Waals surface area (Å²) in [6, 6.07) is 9.01. The van der Waals surface area contributed by atoms with Crippen molar-refractivity contribution >= 4 is 23.0 Å². The first kappa shape index (κ1) is 16.2. The van der Waals surface area contributed by atoms with Crippen LogP contribution in [-0.2, 0) is 0 Å². The molecule has 0 radical (unpaired) electrons. The summed E-state index contributed by atoms with van der Waals surface area (Å²) in [6.07, 6.45) is 7.99. The van der Waals surface area contributed by atoms with Crippen LogP contribution in [0.1, 0.15) is 44.1 Å². The van der Waals surface area contributed by atoms with Crippen molar-refractivity contribution in [2.45, 2.75) is 51.5 Å². The molecule has 3 nitrogen and oxygen atoms in total. The summed E-state index contributed by atoms with van der Waals surface area (Å²) in [7, 11) is 0. The fourth-order valence-electron chi connectivity index (χ4n) is 2.72. The number of benzene rings is 1. The van der Waals surface area contributed by atoms with E-state index in [0.29, 0.717) is 5.11 Å². The highest BCUT2D eigenvalue weighted by Gasteiger charge is 2.11. The molecule has 1 aliphatic rings. The minimum atomic E-state index is 0.705. The van der Waals surface area contributed by atoms with Crippen LogP contribution in [0.25, 0.3) is 0 Å². The van der Waals surface area contributed by atoms with Crippen LogP contribution in [0.4, 0.5) is 5.69 Å². The third-order valence-corrected chi connectivity index (χ3v) is 4.23. The van der Waals surface area contributed by atoms with Crippen molar-refractivity contribution in [1.82, 2.24) is 10.6 Å². The predicted molar refractivity (Wildman–Crippen MR) is 94.9 cm³/mol. The molecule has 1 aromatic carbocycles. The van der Waals surface area contributed by atoms with Gasteiger partial charge in [-0.05, 0) is 57.1 Å². The van der Waals surface area contributed by atoms with Crippen LogP contribution < -0.4 is 16.0 Å². The molecular weight excluding hydrogens is 278 g/mol. The zero-order valence-corrected chi connectivity index (χ0v) is 13.8. The first-order chi connectivity index (χ1) is 10.2. The summed E-state index contributed by atoms with van der Waals surface area (Å²) in [5.41, 5.74) is 2.30. The first-order valence-corrected chi connectivity index (χ1v) is 8.50. The molecule has 0 bridgehead atoms. The molecule has 0 unspecified atom stereocenters. The SMILES string of the molecule is Cc1ccc(NC(=S)NCCCNC2CCCCC2)cc1. The van der Waals surface area contributed by atoms with Gasteiger partial charge in [-0.15, -0.1) is 0 Å². The molecule has 0 heterocycles. The second-order valence-corrected chi connectivity index (χ2v) is 6.30. The highest BCUT2D eigenvalue weighted by Crippen LogP contribution is 2.17. The van der Waals surface area contributed by atoms with Gasteiger partial charge in [0.1, 0.15) is 0 Å². The minimum absolute atomic E-state index is 0.705. The molecule has 1 fully saturated rings. The molecule has 4 heteroatoms. The summed E-state index contributed by atoms with van der Waals surface area (Å²) in [6.45, 7) is 4.07. The van der Waals surface area contributed by atoms with Gasteiger partial charge in [-0.25, -0.2) is 0 Å². The van der Waals surface area contributed by atoms with E-state index in [1.54, 1.807) is 0 Å². The lowest BCUT2D eigenvalue weighted by Crippen LogP contribution is -2.35. The van der Waals surface area contributed by atoms with Crippen molar-refractivity contribution in [3.63, 3.8) is 0 Å². The lowest BCUT2D eigenvalue weighted by molar-refractivity contribution is 0.372. The Bertz CT molecular complexity index is 424. The van der Waals surface area contributed by atoms with E-state index in [0.717, 1.165) is 31.2 Å². The third kappa shape index (κ3) is 6.44. The Balaban J connectivity index is 1.53. The maximum atomic E-state index is 5.30. The Morgan fingerprint density at radius 3 is 2.52 bits per heavy atom. The number of aryl methyl sites for hydroxylation is 1. The van der Waals surface area contributed by atoms with Gasteiger partial charge in [-0.1, -0.05) is 37.0 Å². The molecule has 1 aromatic rings. The lowest BCUT2D eigenvalue weighted by atomic mass is 9.95. The van der Waals surface area contributed by atoms with E-state index in [4.69, 9.17) is 12.2 Å². The van der Waals surface area contributed by atoms with Crippen molar-refractivity contribution in [1.29, 1.82) is 0 Å². The molecule has 0 spiro atoms. The van der Waals surface area contributed by atoms with E-state index in [2.05, 4.69) is 35.0 Å². The molecule has 0 aromatic heterocycles. The van der Waals surface area contributed by atoms with Gasteiger partial charge in [-0.2, -0.15) is 0 Å². The third-order valence-electron chi connectivity index (χ3n) is 3.99. The summed E-state index contributed by atoms with van der Waals surface area (Å²) >= 11 is 5.30. The normalized spacial score (nSPS) is 15.7. The van der Waals surface area contributed by atoms with Crippen LogP contribution in [0.2, 0.25) is 0 Å². The van der Waals surface area contributed by atoms with Crippen LogP contribution in [0.5, 0.6) is 0 Å². The van der Waals surface area contributed by atoms with Crippen LogP contribution in [0, 0.1) is 6.92 Å². The van der Waals surface area contributed by atoms with Crippen molar-refractivity contribution in [3.8, 4) is 0 Å². The van der Waals surface area contributed by atoms with Crippen LogP contribution in [0.15, 0.2) is 24.3 Å². The highest BCUT2D eigenvalue weighted by atomic mass is 32.1. The van der Waals surface area contributed by atoms with Gasteiger partial charge in [0.2, 0.25) is 0 Å². The fourth-order valence-corrected chi connectivity index (χ4v) is 2.94. The smallest absolute Gasteiger partial charge is 0.170 e. The van der Waals surface area contributed by atoms with Crippen LogP contribution >= 0.6 is 12.2 Å². The van der Waals surface area contributed by atoms with E-state index in [1.165, 1.54) is 37.7 Å². The Morgan fingerprint density at radius 2 is 1.81 bits per heavy atom. The molecule has 1 aliphatic carbocycles. The van der Waals surface area contributed by atoms with Crippen molar-refractivity contribution < 1.29 is 0 Å². The average molecular weight is 305 g/mol. The maximum Gasteiger partial charge on any atom is 0.170 e. The van der Waals surface area contributed by atoms with E-state index in [1.807, 2.05) is 12.1 Å². The largest absolute Gasteiger partial charge is 0.362 e. The van der Waals surface area contributed by atoms with Gasteiger partial charge < -0.3 is 16.0 Å². The van der Waals surface area contributed by atoms with Crippen LogP contribution in [0.3, 0.4) is 0 Å². The topological polar surface area (TPSA) is 36.1 Å². The summed E-state index contributed by atoms with van der Waals surface area (Å²) in [5, 5.41) is 10.8. The van der Waals surface area contributed by atoms with Gasteiger partial charge in [-0.3, -0.25) is 0 Å². The van der Waals surface area contributed by atoms with Gasteiger partial charge in [0.15, 0.2) is 5.11 Å². The Hall–Kier alpha value is -1.13. The second-order valence-electron chi connectivity index (χ2n) is 5.89. The van der Waals surface area contributed by atoms with Gasteiger partial charge in [0.25, 0.3) is 0 Å².